The number of carbonyl (C=O) groups is 1. The number of hydrogen-bond donors (Lipinski definition) is 2. The first-order valence-corrected chi connectivity index (χ1v) is 8.70. The Bertz CT molecular complexity index is 496. The molecule has 1 aromatic carbocycles. The topological polar surface area (TPSA) is 55.8 Å². The van der Waals surface area contributed by atoms with Crippen LogP contribution in [0.2, 0.25) is 0 Å². The molecule has 0 aromatic heterocycles. The first-order chi connectivity index (χ1) is 11.3. The summed E-state index contributed by atoms with van der Waals surface area (Å²) in [6, 6.07) is 10.9. The number of aliphatic hydroxyl groups is 1. The number of nitrogens with zero attached hydrogens (tertiary/aromatic N) is 2. The molecule has 0 spiro atoms. The maximum Gasteiger partial charge on any atom is 0.317 e. The van der Waals surface area contributed by atoms with Crippen molar-refractivity contribution in [2.24, 2.45) is 0 Å². The van der Waals surface area contributed by atoms with Crippen molar-refractivity contribution < 1.29 is 9.90 Å². The van der Waals surface area contributed by atoms with Crippen molar-refractivity contribution in [1.29, 1.82) is 0 Å². The first kappa shape index (κ1) is 16.3. The van der Waals surface area contributed by atoms with Crippen molar-refractivity contribution >= 4 is 6.03 Å². The monoisotopic (exact) mass is 317 g/mol. The molecule has 1 saturated carbocycles. The Kier molecular flexibility index (Phi) is 5.51. The second-order valence-electron chi connectivity index (χ2n) is 6.56. The van der Waals surface area contributed by atoms with Gasteiger partial charge in [0, 0.05) is 51.3 Å². The quantitative estimate of drug-likeness (QED) is 0.839. The van der Waals surface area contributed by atoms with Gasteiger partial charge in [-0.1, -0.05) is 30.3 Å². The summed E-state index contributed by atoms with van der Waals surface area (Å²) < 4.78 is 0. The number of piperazine rings is 1. The van der Waals surface area contributed by atoms with Gasteiger partial charge < -0.3 is 15.3 Å². The third kappa shape index (κ3) is 4.45. The van der Waals surface area contributed by atoms with Crippen LogP contribution in [0.4, 0.5) is 4.79 Å². The lowest BCUT2D eigenvalue weighted by molar-refractivity contribution is 0.134. The molecule has 0 bridgehead atoms. The van der Waals surface area contributed by atoms with E-state index in [1.54, 1.807) is 0 Å². The average molecular weight is 317 g/mol. The lowest BCUT2D eigenvalue weighted by Crippen LogP contribution is -2.52. The summed E-state index contributed by atoms with van der Waals surface area (Å²) in [7, 11) is 0. The average Bonchev–Trinajstić information content (AvgIpc) is 3.44. The summed E-state index contributed by atoms with van der Waals surface area (Å²) in [4.78, 5) is 16.8. The number of hydrogen-bond acceptors (Lipinski definition) is 3. The molecule has 1 saturated heterocycles. The maximum absolute atomic E-state index is 12.4. The molecule has 0 radical (unpaired) electrons. The van der Waals surface area contributed by atoms with Gasteiger partial charge in [0.25, 0.3) is 0 Å². The van der Waals surface area contributed by atoms with Gasteiger partial charge in [-0.25, -0.2) is 4.79 Å². The normalized spacial score (nSPS) is 20.3. The highest BCUT2D eigenvalue weighted by Gasteiger charge is 2.32. The van der Waals surface area contributed by atoms with E-state index in [1.165, 1.54) is 18.4 Å². The van der Waals surface area contributed by atoms with E-state index >= 15 is 0 Å². The fourth-order valence-corrected chi connectivity index (χ4v) is 3.32. The fraction of sp³-hybridized carbons (Fsp3) is 0.611. The Morgan fingerprint density at radius 3 is 2.48 bits per heavy atom. The van der Waals surface area contributed by atoms with Crippen LogP contribution in [0, 0.1) is 0 Å². The van der Waals surface area contributed by atoms with Crippen LogP contribution >= 0.6 is 0 Å². The third-order valence-electron chi connectivity index (χ3n) is 4.91. The Hall–Kier alpha value is -1.59. The highest BCUT2D eigenvalue weighted by atomic mass is 16.3. The van der Waals surface area contributed by atoms with E-state index in [9.17, 15) is 9.90 Å². The van der Waals surface area contributed by atoms with E-state index in [-0.39, 0.29) is 18.6 Å². The summed E-state index contributed by atoms with van der Waals surface area (Å²) in [5.74, 6) is 0.165. The molecule has 1 atom stereocenters. The van der Waals surface area contributed by atoms with Gasteiger partial charge in [0.15, 0.2) is 0 Å². The Balaban J connectivity index is 1.47. The van der Waals surface area contributed by atoms with Gasteiger partial charge in [0.1, 0.15) is 0 Å². The Morgan fingerprint density at radius 2 is 1.87 bits per heavy atom. The molecule has 5 nitrogen and oxygen atoms in total. The minimum absolute atomic E-state index is 0.0271. The van der Waals surface area contributed by atoms with Gasteiger partial charge in [0.2, 0.25) is 0 Å². The SMILES string of the molecule is O=C(NCC(CCO)c1ccccc1)N1CCN(C2CC2)CC1. The van der Waals surface area contributed by atoms with Crippen LogP contribution in [0.5, 0.6) is 0 Å². The van der Waals surface area contributed by atoms with Gasteiger partial charge >= 0.3 is 6.03 Å². The van der Waals surface area contributed by atoms with Crippen LogP contribution in [0.15, 0.2) is 30.3 Å². The molecule has 2 amide bonds. The summed E-state index contributed by atoms with van der Waals surface area (Å²) in [6.07, 6.45) is 3.32. The molecule has 5 heteroatoms. The molecule has 126 valence electrons. The number of amides is 2. The summed E-state index contributed by atoms with van der Waals surface area (Å²) in [5, 5.41) is 12.3. The zero-order chi connectivity index (χ0) is 16.1. The number of aliphatic hydroxyl groups excluding tert-OH is 1. The van der Waals surface area contributed by atoms with Crippen LogP contribution in [0.1, 0.15) is 30.7 Å². The number of rotatable bonds is 6. The molecule has 1 aromatic rings. The van der Waals surface area contributed by atoms with E-state index in [1.807, 2.05) is 23.1 Å². The molecule has 23 heavy (non-hydrogen) atoms. The lowest BCUT2D eigenvalue weighted by Gasteiger charge is -2.35. The molecular weight excluding hydrogens is 290 g/mol. The van der Waals surface area contributed by atoms with Crippen LogP contribution in [-0.2, 0) is 0 Å². The second kappa shape index (κ2) is 7.79. The summed E-state index contributed by atoms with van der Waals surface area (Å²) in [5.41, 5.74) is 1.17. The summed E-state index contributed by atoms with van der Waals surface area (Å²) in [6.45, 7) is 4.34. The van der Waals surface area contributed by atoms with E-state index in [2.05, 4.69) is 22.3 Å². The molecule has 2 N–H and O–H groups in total. The lowest BCUT2D eigenvalue weighted by atomic mass is 9.96. The standard InChI is InChI=1S/C18H27N3O2/c22-13-8-16(15-4-2-1-3-5-15)14-19-18(23)21-11-9-20(10-12-21)17-6-7-17/h1-5,16-17,22H,6-14H2,(H,19,23). The Morgan fingerprint density at radius 1 is 1.17 bits per heavy atom. The van der Waals surface area contributed by atoms with Crippen molar-refractivity contribution in [3.05, 3.63) is 35.9 Å². The Labute approximate surface area is 138 Å². The highest BCUT2D eigenvalue weighted by molar-refractivity contribution is 5.74. The van der Waals surface area contributed by atoms with Crippen LogP contribution in [0.3, 0.4) is 0 Å². The second-order valence-corrected chi connectivity index (χ2v) is 6.56. The number of urea groups is 1. The van der Waals surface area contributed by atoms with Crippen LogP contribution in [-0.4, -0.2) is 66.3 Å². The van der Waals surface area contributed by atoms with E-state index < -0.39 is 0 Å². The van der Waals surface area contributed by atoms with Crippen molar-refractivity contribution in [2.45, 2.75) is 31.2 Å². The fourth-order valence-electron chi connectivity index (χ4n) is 3.32. The van der Waals surface area contributed by atoms with Crippen molar-refractivity contribution in [1.82, 2.24) is 15.1 Å². The molecule has 2 aliphatic rings. The molecule has 1 aliphatic carbocycles. The smallest absolute Gasteiger partial charge is 0.317 e. The third-order valence-corrected chi connectivity index (χ3v) is 4.91. The zero-order valence-corrected chi connectivity index (χ0v) is 13.7. The van der Waals surface area contributed by atoms with Crippen molar-refractivity contribution in [2.75, 3.05) is 39.3 Å². The number of benzene rings is 1. The van der Waals surface area contributed by atoms with Crippen molar-refractivity contribution in [3.63, 3.8) is 0 Å². The van der Waals surface area contributed by atoms with Crippen molar-refractivity contribution in [3.8, 4) is 0 Å². The van der Waals surface area contributed by atoms with E-state index in [0.29, 0.717) is 13.0 Å². The number of nitrogens with one attached hydrogen (secondary N) is 1. The van der Waals surface area contributed by atoms with E-state index in [4.69, 9.17) is 0 Å². The summed E-state index contributed by atoms with van der Waals surface area (Å²) >= 11 is 0. The predicted octanol–water partition coefficient (Wildman–Crippen LogP) is 1.64. The minimum Gasteiger partial charge on any atom is -0.396 e. The van der Waals surface area contributed by atoms with Gasteiger partial charge in [0.05, 0.1) is 0 Å². The predicted molar refractivity (Wildman–Crippen MR) is 90.5 cm³/mol. The van der Waals surface area contributed by atoms with Gasteiger partial charge in [-0.3, -0.25) is 4.90 Å². The van der Waals surface area contributed by atoms with Gasteiger partial charge in [-0.05, 0) is 24.8 Å². The molecule has 2 fully saturated rings. The molecule has 1 heterocycles. The van der Waals surface area contributed by atoms with Crippen LogP contribution < -0.4 is 5.32 Å². The maximum atomic E-state index is 12.4. The molecule has 1 aliphatic heterocycles. The van der Waals surface area contributed by atoms with E-state index in [0.717, 1.165) is 32.2 Å². The van der Waals surface area contributed by atoms with Gasteiger partial charge in [-0.15, -0.1) is 0 Å². The number of carbonyl (C=O) groups excluding carboxylic acids is 1. The van der Waals surface area contributed by atoms with Crippen LogP contribution in [0.25, 0.3) is 0 Å². The highest BCUT2D eigenvalue weighted by Crippen LogP contribution is 2.27. The molecule has 3 rings (SSSR count). The minimum atomic E-state index is 0.0271. The van der Waals surface area contributed by atoms with Gasteiger partial charge in [-0.2, -0.15) is 0 Å². The largest absolute Gasteiger partial charge is 0.396 e. The zero-order valence-electron chi connectivity index (χ0n) is 13.7. The molecule has 1 unspecified atom stereocenters. The molecular formula is C18H27N3O2. The first-order valence-electron chi connectivity index (χ1n) is 8.70.